The molecule has 0 saturated carbocycles. The molecule has 0 radical (unpaired) electrons. The van der Waals surface area contributed by atoms with E-state index in [1.54, 1.807) is 0 Å². The summed E-state index contributed by atoms with van der Waals surface area (Å²) in [6.45, 7) is 0. The second-order valence-electron chi connectivity index (χ2n) is 2.72. The molecule has 0 saturated heterocycles. The average Bonchev–Trinajstić information content (AvgIpc) is 1.64. The van der Waals surface area contributed by atoms with Crippen molar-refractivity contribution in [2.24, 2.45) is 5.14 Å². The van der Waals surface area contributed by atoms with Gasteiger partial charge in [-0.15, -0.1) is 0 Å². The monoisotopic (exact) mass is 345 g/mol. The normalized spacial score (nSPS) is 13.8. The van der Waals surface area contributed by atoms with Crippen molar-refractivity contribution in [3.63, 3.8) is 0 Å². The van der Waals surface area contributed by atoms with E-state index >= 15 is 0 Å². The number of nitrogens with two attached hydrogens (primary N) is 1. The van der Waals surface area contributed by atoms with Crippen molar-refractivity contribution in [1.82, 2.24) is 0 Å². The molecule has 0 spiro atoms. The lowest BCUT2D eigenvalue weighted by Crippen LogP contribution is -2.28. The molecule has 0 aliphatic rings. The van der Waals surface area contributed by atoms with Crippen molar-refractivity contribution in [1.29, 1.82) is 0 Å². The Labute approximate surface area is 102 Å². The van der Waals surface area contributed by atoms with Gasteiger partial charge in [0.1, 0.15) is 0 Å². The molecule has 0 aromatic heterocycles. The van der Waals surface area contributed by atoms with Gasteiger partial charge >= 0.3 is 12.4 Å². The lowest BCUT2D eigenvalue weighted by Gasteiger charge is -2.01. The summed E-state index contributed by atoms with van der Waals surface area (Å²) in [7, 11) is -4.57. The Morgan fingerprint density at radius 2 is 1.11 bits per heavy atom. The molecule has 0 fully saturated rings. The zero-order valence-corrected chi connectivity index (χ0v) is 10.5. The lowest BCUT2D eigenvalue weighted by molar-refractivity contribution is -0.107. The third-order valence-corrected chi connectivity index (χ3v) is 2.43. The van der Waals surface area contributed by atoms with Crippen LogP contribution in [0.3, 0.4) is 0 Å². The Morgan fingerprint density at radius 1 is 0.833 bits per heavy atom. The van der Waals surface area contributed by atoms with Crippen LogP contribution < -0.4 is 5.14 Å². The van der Waals surface area contributed by atoms with Crippen LogP contribution in [0, 0.1) is 0 Å². The number of halogens is 7. The average molecular weight is 346 g/mol. The quantitative estimate of drug-likeness (QED) is 0.595. The van der Waals surface area contributed by atoms with Crippen LogP contribution in [-0.4, -0.2) is 40.7 Å². The SMILES string of the molecule is NS(=O)(=O)CC(F)(F)F.O=S(=O)(Cl)CC(F)(F)F. The smallest absolute Gasteiger partial charge is 0.228 e. The number of sulfonamides is 1. The van der Waals surface area contributed by atoms with Gasteiger partial charge in [-0.1, -0.05) is 0 Å². The van der Waals surface area contributed by atoms with Crippen LogP contribution in [-0.2, 0) is 19.1 Å². The topological polar surface area (TPSA) is 94.3 Å². The van der Waals surface area contributed by atoms with E-state index in [9.17, 15) is 43.2 Å². The first kappa shape index (κ1) is 20.1. The highest BCUT2D eigenvalue weighted by Crippen LogP contribution is 2.18. The number of hydrogen-bond donors (Lipinski definition) is 1. The van der Waals surface area contributed by atoms with E-state index in [4.69, 9.17) is 0 Å². The standard InChI is InChI=1S/C2H2ClF3O2S.C2H4F3NO2S/c3-9(7,8)1-2(4,5)6;3-2(4,5)1-9(6,7)8/h1H2;1H2,(H2,6,7,8). The highest BCUT2D eigenvalue weighted by molar-refractivity contribution is 8.13. The van der Waals surface area contributed by atoms with Crippen LogP contribution in [0.4, 0.5) is 26.3 Å². The Bertz CT molecular complexity index is 407. The molecule has 0 amide bonds. The van der Waals surface area contributed by atoms with Crippen LogP contribution in [0.25, 0.3) is 0 Å². The summed E-state index contributed by atoms with van der Waals surface area (Å²) in [5.41, 5.74) is 0. The summed E-state index contributed by atoms with van der Waals surface area (Å²) in [5.74, 6) is -3.93. The third kappa shape index (κ3) is 24.8. The van der Waals surface area contributed by atoms with Gasteiger partial charge in [-0.2, -0.15) is 26.3 Å². The third-order valence-electron chi connectivity index (χ3n) is 0.701. The number of hydrogen-bond acceptors (Lipinski definition) is 4. The summed E-state index contributed by atoms with van der Waals surface area (Å²) < 4.78 is 105. The summed E-state index contributed by atoms with van der Waals surface area (Å²) in [6.07, 6.45) is -9.46. The van der Waals surface area contributed by atoms with Gasteiger partial charge in [0, 0.05) is 10.7 Å². The molecule has 18 heavy (non-hydrogen) atoms. The summed E-state index contributed by atoms with van der Waals surface area (Å²) >= 11 is 0. The Morgan fingerprint density at radius 3 is 1.11 bits per heavy atom. The predicted molar refractivity (Wildman–Crippen MR) is 49.7 cm³/mol. The van der Waals surface area contributed by atoms with E-state index in [0.29, 0.717) is 0 Å². The molecular weight excluding hydrogens is 340 g/mol. The van der Waals surface area contributed by atoms with Gasteiger partial charge < -0.3 is 0 Å². The van der Waals surface area contributed by atoms with Gasteiger partial charge in [0.2, 0.25) is 19.1 Å². The molecule has 0 aromatic carbocycles. The van der Waals surface area contributed by atoms with Crippen molar-refractivity contribution < 1.29 is 43.2 Å². The molecule has 0 aromatic rings. The lowest BCUT2D eigenvalue weighted by atomic mass is 10.8. The van der Waals surface area contributed by atoms with Gasteiger partial charge in [0.25, 0.3) is 0 Å². The van der Waals surface area contributed by atoms with Crippen molar-refractivity contribution >= 4 is 29.8 Å². The summed E-state index contributed by atoms with van der Waals surface area (Å²) in [4.78, 5) is 0. The number of rotatable bonds is 2. The molecule has 0 heterocycles. The highest BCUT2D eigenvalue weighted by atomic mass is 35.7. The molecule has 112 valence electrons. The molecule has 0 aliphatic carbocycles. The molecular formula is C4H6ClF6NO4S2. The maximum atomic E-state index is 11.1. The summed E-state index contributed by atoms with van der Waals surface area (Å²) in [6, 6.07) is 0. The second-order valence-corrected chi connectivity index (χ2v) is 7.11. The zero-order valence-electron chi connectivity index (χ0n) is 8.09. The van der Waals surface area contributed by atoms with E-state index in [-0.39, 0.29) is 0 Å². The zero-order chi connectivity index (χ0) is 15.4. The Kier molecular flexibility index (Phi) is 6.97. The molecule has 5 nitrogen and oxygen atoms in total. The van der Waals surface area contributed by atoms with Crippen LogP contribution in [0.2, 0.25) is 0 Å². The first-order chi connectivity index (χ1) is 7.41. The van der Waals surface area contributed by atoms with Crippen LogP contribution in [0.1, 0.15) is 0 Å². The molecule has 0 unspecified atom stereocenters. The van der Waals surface area contributed by atoms with Crippen molar-refractivity contribution in [2.45, 2.75) is 12.4 Å². The van der Waals surface area contributed by atoms with E-state index in [1.165, 1.54) is 0 Å². The van der Waals surface area contributed by atoms with Crippen LogP contribution in [0.5, 0.6) is 0 Å². The van der Waals surface area contributed by atoms with Crippen molar-refractivity contribution in [2.75, 3.05) is 11.5 Å². The molecule has 14 heteroatoms. The van der Waals surface area contributed by atoms with Gasteiger partial charge in [0.15, 0.2) is 11.5 Å². The molecule has 0 aliphatic heterocycles. The van der Waals surface area contributed by atoms with E-state index in [0.717, 1.165) is 0 Å². The molecule has 0 atom stereocenters. The second kappa shape index (κ2) is 6.25. The van der Waals surface area contributed by atoms with Crippen LogP contribution >= 0.6 is 10.7 Å². The molecule has 2 N–H and O–H groups in total. The van der Waals surface area contributed by atoms with Gasteiger partial charge in [0.05, 0.1) is 0 Å². The van der Waals surface area contributed by atoms with E-state index in [1.807, 2.05) is 0 Å². The first-order valence-electron chi connectivity index (χ1n) is 3.48. The fourth-order valence-corrected chi connectivity index (χ4v) is 1.64. The largest absolute Gasteiger partial charge is 0.404 e. The van der Waals surface area contributed by atoms with Gasteiger partial charge in [-0.25, -0.2) is 22.0 Å². The summed E-state index contributed by atoms with van der Waals surface area (Å²) in [5, 5.41) is 4.07. The predicted octanol–water partition coefficient (Wildman–Crippen LogP) is 0.955. The maximum Gasteiger partial charge on any atom is 0.404 e. The van der Waals surface area contributed by atoms with Crippen molar-refractivity contribution in [3.8, 4) is 0 Å². The fraction of sp³-hybridized carbons (Fsp3) is 1.00. The van der Waals surface area contributed by atoms with Crippen molar-refractivity contribution in [3.05, 3.63) is 0 Å². The minimum Gasteiger partial charge on any atom is -0.228 e. The highest BCUT2D eigenvalue weighted by Gasteiger charge is 2.34. The first-order valence-corrected chi connectivity index (χ1v) is 7.67. The van der Waals surface area contributed by atoms with Gasteiger partial charge in [-0.05, 0) is 0 Å². The van der Waals surface area contributed by atoms with E-state index in [2.05, 4.69) is 15.8 Å². The fourth-order valence-electron chi connectivity index (χ4n) is 0.424. The maximum absolute atomic E-state index is 11.1. The Hall–Kier alpha value is -0.270. The number of primary sulfonamides is 1. The molecule has 0 bridgehead atoms. The minimum atomic E-state index is -4.74. The van der Waals surface area contributed by atoms with Crippen LogP contribution in [0.15, 0.2) is 0 Å². The molecule has 0 rings (SSSR count). The minimum absolute atomic E-state index is 1.96. The number of alkyl halides is 6. The van der Waals surface area contributed by atoms with Gasteiger partial charge in [-0.3, -0.25) is 0 Å². The Balaban J connectivity index is 0. The van der Waals surface area contributed by atoms with E-state index < -0.39 is 42.9 Å².